The standard InChI is InChI=1S/C6H6ClNO3S/c1-8-3-2-4(12(10)11)5(8)6(7)9/h2-3,5H,1H3. The molecule has 1 unspecified atom stereocenters. The molecular weight excluding hydrogens is 202 g/mol. The van der Waals surface area contributed by atoms with Crippen molar-refractivity contribution in [3.63, 3.8) is 0 Å². The second kappa shape index (κ2) is 3.28. The van der Waals surface area contributed by atoms with Gasteiger partial charge in [0.2, 0.25) is 15.5 Å². The molecule has 0 aromatic carbocycles. The van der Waals surface area contributed by atoms with Gasteiger partial charge in [-0.05, 0) is 17.7 Å². The van der Waals surface area contributed by atoms with Crippen molar-refractivity contribution in [3.05, 3.63) is 12.3 Å². The van der Waals surface area contributed by atoms with Crippen molar-refractivity contribution in [3.8, 4) is 0 Å². The molecule has 1 rings (SSSR count). The van der Waals surface area contributed by atoms with E-state index in [4.69, 9.17) is 11.6 Å². The summed E-state index contributed by atoms with van der Waals surface area (Å²) in [6.45, 7) is 0. The van der Waals surface area contributed by atoms with Crippen LogP contribution in [0.5, 0.6) is 0 Å². The average molecular weight is 208 g/mol. The van der Waals surface area contributed by atoms with E-state index < -0.39 is 21.6 Å². The van der Waals surface area contributed by atoms with Gasteiger partial charge in [-0.15, -0.1) is 0 Å². The summed E-state index contributed by atoms with van der Waals surface area (Å²) in [5, 5.41) is -0.693. The van der Waals surface area contributed by atoms with Gasteiger partial charge < -0.3 is 4.90 Å². The van der Waals surface area contributed by atoms with Gasteiger partial charge in [-0.1, -0.05) is 0 Å². The molecular formula is C6H6ClNO3S. The molecule has 0 spiro atoms. The van der Waals surface area contributed by atoms with Crippen molar-refractivity contribution in [2.45, 2.75) is 6.04 Å². The zero-order chi connectivity index (χ0) is 9.30. The lowest BCUT2D eigenvalue weighted by Gasteiger charge is -2.15. The molecule has 1 heterocycles. The van der Waals surface area contributed by atoms with Gasteiger partial charge in [-0.3, -0.25) is 4.79 Å². The van der Waals surface area contributed by atoms with Crippen LogP contribution in [-0.4, -0.2) is 36.5 Å². The highest BCUT2D eigenvalue weighted by Gasteiger charge is 2.29. The molecule has 0 radical (unpaired) electrons. The fourth-order valence-corrected chi connectivity index (χ4v) is 1.95. The first-order chi connectivity index (χ1) is 5.54. The Hall–Kier alpha value is -0.810. The van der Waals surface area contributed by atoms with E-state index in [-0.39, 0.29) is 4.86 Å². The molecule has 0 aromatic heterocycles. The third-order valence-corrected chi connectivity index (χ3v) is 2.51. The monoisotopic (exact) mass is 207 g/mol. The lowest BCUT2D eigenvalue weighted by Crippen LogP contribution is -2.34. The van der Waals surface area contributed by atoms with Crippen LogP contribution in [0.4, 0.5) is 0 Å². The maximum atomic E-state index is 10.8. The Morgan fingerprint density at radius 1 is 1.67 bits per heavy atom. The lowest BCUT2D eigenvalue weighted by molar-refractivity contribution is -0.113. The van der Waals surface area contributed by atoms with E-state index in [9.17, 15) is 13.2 Å². The molecule has 0 N–H and O–H groups in total. The van der Waals surface area contributed by atoms with Crippen molar-refractivity contribution < 1.29 is 13.2 Å². The molecule has 0 amide bonds. The van der Waals surface area contributed by atoms with Crippen LogP contribution in [0.1, 0.15) is 0 Å². The van der Waals surface area contributed by atoms with Gasteiger partial charge in [0, 0.05) is 13.2 Å². The van der Waals surface area contributed by atoms with Crippen LogP contribution >= 0.6 is 11.6 Å². The molecule has 4 nitrogen and oxygen atoms in total. The Morgan fingerprint density at radius 2 is 2.25 bits per heavy atom. The SMILES string of the molecule is CN1C=CC(=S(=O)=O)C1C(=O)Cl. The highest BCUT2D eigenvalue weighted by Crippen LogP contribution is 2.11. The minimum atomic E-state index is -2.38. The Kier molecular flexibility index (Phi) is 2.54. The molecule has 12 heavy (non-hydrogen) atoms. The number of hydrogen-bond donors (Lipinski definition) is 0. The fraction of sp³-hybridized carbons (Fsp3) is 0.333. The first-order valence-electron chi connectivity index (χ1n) is 3.09. The van der Waals surface area contributed by atoms with Crippen molar-refractivity contribution in [2.75, 3.05) is 7.05 Å². The van der Waals surface area contributed by atoms with Crippen LogP contribution in [0, 0.1) is 0 Å². The maximum Gasteiger partial charge on any atom is 0.249 e. The molecule has 66 valence electrons. The summed E-state index contributed by atoms with van der Waals surface area (Å²) in [6, 6.07) is -0.856. The summed E-state index contributed by atoms with van der Waals surface area (Å²) in [6.07, 6.45) is 2.85. The van der Waals surface area contributed by atoms with Gasteiger partial charge in [0.25, 0.3) is 0 Å². The summed E-state index contributed by atoms with van der Waals surface area (Å²) < 4.78 is 21.1. The number of hydrogen-bond acceptors (Lipinski definition) is 4. The Labute approximate surface area is 76.0 Å². The Morgan fingerprint density at radius 3 is 2.58 bits per heavy atom. The molecule has 1 aliphatic heterocycles. The van der Waals surface area contributed by atoms with Crippen LogP contribution in [0.25, 0.3) is 0 Å². The number of rotatable bonds is 1. The third-order valence-electron chi connectivity index (χ3n) is 1.56. The molecule has 0 bridgehead atoms. The highest BCUT2D eigenvalue weighted by atomic mass is 35.5. The fourth-order valence-electron chi connectivity index (χ4n) is 0.988. The van der Waals surface area contributed by atoms with Crippen LogP contribution in [0.2, 0.25) is 0 Å². The molecule has 0 fully saturated rings. The number of nitrogens with zero attached hydrogens (tertiary/aromatic N) is 1. The van der Waals surface area contributed by atoms with E-state index in [0.29, 0.717) is 0 Å². The van der Waals surface area contributed by atoms with E-state index in [1.54, 1.807) is 7.05 Å². The molecule has 0 aromatic rings. The minimum absolute atomic E-state index is 0.0116. The van der Waals surface area contributed by atoms with Crippen molar-refractivity contribution in [2.24, 2.45) is 0 Å². The van der Waals surface area contributed by atoms with Gasteiger partial charge in [-0.2, -0.15) is 8.42 Å². The summed E-state index contributed by atoms with van der Waals surface area (Å²) >= 11 is 5.20. The van der Waals surface area contributed by atoms with Crippen molar-refractivity contribution in [1.82, 2.24) is 4.90 Å². The molecule has 0 aliphatic carbocycles. The molecule has 0 saturated heterocycles. The van der Waals surface area contributed by atoms with Gasteiger partial charge in [0.15, 0.2) is 0 Å². The van der Waals surface area contributed by atoms with Gasteiger partial charge in [0.05, 0.1) is 0 Å². The minimum Gasteiger partial charge on any atom is -0.365 e. The summed E-state index contributed by atoms with van der Waals surface area (Å²) in [5.41, 5.74) is 0. The van der Waals surface area contributed by atoms with Crippen molar-refractivity contribution >= 4 is 32.0 Å². The van der Waals surface area contributed by atoms with Crippen molar-refractivity contribution in [1.29, 1.82) is 0 Å². The molecule has 1 aliphatic rings. The summed E-state index contributed by atoms with van der Waals surface area (Å²) in [4.78, 5) is 12.2. The van der Waals surface area contributed by atoms with Gasteiger partial charge >= 0.3 is 0 Å². The predicted molar refractivity (Wildman–Crippen MR) is 45.5 cm³/mol. The largest absolute Gasteiger partial charge is 0.365 e. The number of halogens is 1. The number of carbonyl (C=O) groups is 1. The summed E-state index contributed by atoms with van der Waals surface area (Å²) in [7, 11) is -0.795. The number of likely N-dealkylation sites (N-methyl/N-ethyl adjacent to an activating group) is 1. The van der Waals surface area contributed by atoms with Crippen LogP contribution in [0.3, 0.4) is 0 Å². The van der Waals surface area contributed by atoms with Gasteiger partial charge in [0.1, 0.15) is 10.9 Å². The predicted octanol–water partition coefficient (Wildman–Crippen LogP) is -0.369. The third kappa shape index (κ3) is 1.51. The van der Waals surface area contributed by atoms with E-state index in [1.807, 2.05) is 0 Å². The van der Waals surface area contributed by atoms with E-state index in [2.05, 4.69) is 0 Å². The normalized spacial score (nSPS) is 21.7. The van der Waals surface area contributed by atoms with Gasteiger partial charge in [-0.25, -0.2) is 0 Å². The van der Waals surface area contributed by atoms with E-state index >= 15 is 0 Å². The van der Waals surface area contributed by atoms with Crippen LogP contribution < -0.4 is 0 Å². The Bertz CT molecular complexity index is 362. The number of carbonyl (C=O) groups excluding carboxylic acids is 1. The smallest absolute Gasteiger partial charge is 0.249 e. The first kappa shape index (κ1) is 9.28. The second-order valence-corrected chi connectivity index (χ2v) is 3.64. The zero-order valence-electron chi connectivity index (χ0n) is 6.19. The molecule has 1 atom stereocenters. The first-order valence-corrected chi connectivity index (χ1v) is 4.55. The summed E-state index contributed by atoms with van der Waals surface area (Å²) in [5.74, 6) is 0. The van der Waals surface area contributed by atoms with Crippen LogP contribution in [0.15, 0.2) is 12.3 Å². The zero-order valence-corrected chi connectivity index (χ0v) is 7.76. The highest BCUT2D eigenvalue weighted by molar-refractivity contribution is 7.73. The average Bonchev–Trinajstić information content (AvgIpc) is 2.30. The molecule has 0 saturated carbocycles. The molecule has 6 heteroatoms. The lowest BCUT2D eigenvalue weighted by atomic mass is 10.2. The van der Waals surface area contributed by atoms with E-state index in [1.165, 1.54) is 17.2 Å². The second-order valence-electron chi connectivity index (χ2n) is 2.32. The van der Waals surface area contributed by atoms with E-state index in [0.717, 1.165) is 0 Å². The van der Waals surface area contributed by atoms with Crippen LogP contribution in [-0.2, 0) is 15.1 Å². The Balaban J connectivity index is 3.17. The quantitative estimate of drug-likeness (QED) is 0.435. The topological polar surface area (TPSA) is 54.5 Å². The maximum absolute atomic E-state index is 10.8.